The van der Waals surface area contributed by atoms with E-state index in [0.29, 0.717) is 6.54 Å². The van der Waals surface area contributed by atoms with Gasteiger partial charge < -0.3 is 5.11 Å². The van der Waals surface area contributed by atoms with Crippen molar-refractivity contribution in [1.82, 2.24) is 19.3 Å². The Bertz CT molecular complexity index is 789. The molecule has 0 saturated carbocycles. The molecule has 3 aromatic rings. The number of nitrogens with zero attached hydrogens (tertiary/aromatic N) is 4. The van der Waals surface area contributed by atoms with E-state index in [1.54, 1.807) is 16.0 Å². The highest BCUT2D eigenvalue weighted by atomic mass is 32.2. The summed E-state index contributed by atoms with van der Waals surface area (Å²) < 4.78 is 3.84. The maximum atomic E-state index is 10.8. The lowest BCUT2D eigenvalue weighted by Crippen LogP contribution is -2.06. The van der Waals surface area contributed by atoms with Crippen LogP contribution in [0.1, 0.15) is 10.6 Å². The van der Waals surface area contributed by atoms with Crippen LogP contribution in [0.4, 0.5) is 0 Å². The maximum Gasteiger partial charge on any atom is 0.313 e. The summed E-state index contributed by atoms with van der Waals surface area (Å²) in [6.45, 7) is 2.59. The van der Waals surface area contributed by atoms with Crippen LogP contribution in [0, 0.1) is 6.92 Å². The summed E-state index contributed by atoms with van der Waals surface area (Å²) in [6, 6.07) is 4.07. The lowest BCUT2D eigenvalue weighted by molar-refractivity contribution is -0.133. The highest BCUT2D eigenvalue weighted by molar-refractivity contribution is 7.99. The minimum atomic E-state index is -0.843. The summed E-state index contributed by atoms with van der Waals surface area (Å²) in [4.78, 5) is 16.6. The Kier molecular flexibility index (Phi) is 3.73. The van der Waals surface area contributed by atoms with E-state index in [1.165, 1.54) is 16.6 Å². The third-order valence-corrected chi connectivity index (χ3v) is 4.90. The van der Waals surface area contributed by atoms with Crippen molar-refractivity contribution in [3.8, 4) is 0 Å². The molecule has 1 N–H and O–H groups in total. The van der Waals surface area contributed by atoms with E-state index in [0.717, 1.165) is 22.0 Å². The number of carbonyl (C=O) groups is 1. The predicted molar refractivity (Wildman–Crippen MR) is 83.0 cm³/mol. The molecular weight excluding hydrogens is 308 g/mol. The minimum Gasteiger partial charge on any atom is -0.481 e. The van der Waals surface area contributed by atoms with Gasteiger partial charge in [0.15, 0.2) is 10.8 Å². The molecule has 0 aromatic carbocycles. The molecule has 0 spiro atoms. The zero-order valence-electron chi connectivity index (χ0n) is 11.6. The molecule has 0 amide bonds. The molecule has 0 fully saturated rings. The normalized spacial score (nSPS) is 11.3. The Morgan fingerprint density at radius 2 is 2.33 bits per heavy atom. The van der Waals surface area contributed by atoms with Crippen molar-refractivity contribution in [2.24, 2.45) is 7.05 Å². The van der Waals surface area contributed by atoms with E-state index in [9.17, 15) is 4.79 Å². The van der Waals surface area contributed by atoms with Crippen molar-refractivity contribution in [3.05, 3.63) is 28.1 Å². The van der Waals surface area contributed by atoms with E-state index in [4.69, 9.17) is 5.11 Å². The molecule has 0 radical (unpaired) electrons. The predicted octanol–water partition coefficient (Wildman–Crippen LogP) is 2.36. The van der Waals surface area contributed by atoms with Gasteiger partial charge in [-0.25, -0.2) is 4.98 Å². The Morgan fingerprint density at radius 1 is 1.52 bits per heavy atom. The first-order chi connectivity index (χ1) is 10.1. The van der Waals surface area contributed by atoms with Crippen LogP contribution in [0.5, 0.6) is 0 Å². The molecule has 0 bridgehead atoms. The number of thioether (sulfide) groups is 1. The van der Waals surface area contributed by atoms with Crippen LogP contribution in [-0.4, -0.2) is 36.2 Å². The first-order valence-corrected chi connectivity index (χ1v) is 8.19. The first kappa shape index (κ1) is 14.2. The van der Waals surface area contributed by atoms with Crippen molar-refractivity contribution in [3.63, 3.8) is 0 Å². The minimum absolute atomic E-state index is 0.000237. The number of carboxylic acid groups (broad SMARTS) is 1. The van der Waals surface area contributed by atoms with E-state index in [1.807, 2.05) is 30.0 Å². The Balaban J connectivity index is 2.07. The van der Waals surface area contributed by atoms with Crippen LogP contribution < -0.4 is 0 Å². The van der Waals surface area contributed by atoms with Crippen molar-refractivity contribution in [2.45, 2.75) is 18.6 Å². The number of thiophene rings is 1. The summed E-state index contributed by atoms with van der Waals surface area (Å²) in [7, 11) is 1.88. The van der Waals surface area contributed by atoms with Crippen molar-refractivity contribution in [2.75, 3.05) is 5.75 Å². The van der Waals surface area contributed by atoms with Crippen LogP contribution in [0.2, 0.25) is 0 Å². The molecule has 0 unspecified atom stereocenters. The molecular formula is C13H14N4O2S2. The summed E-state index contributed by atoms with van der Waals surface area (Å²) in [5, 5.41) is 16.0. The Hall–Kier alpha value is -1.80. The topological polar surface area (TPSA) is 72.9 Å². The van der Waals surface area contributed by atoms with Gasteiger partial charge in [0, 0.05) is 11.9 Å². The van der Waals surface area contributed by atoms with E-state index < -0.39 is 5.97 Å². The smallest absolute Gasteiger partial charge is 0.313 e. The van der Waals surface area contributed by atoms with Gasteiger partial charge in [0.2, 0.25) is 0 Å². The second-order valence-corrected chi connectivity index (χ2v) is 6.60. The summed E-state index contributed by atoms with van der Waals surface area (Å²) in [6.07, 6.45) is 0. The molecule has 6 nitrogen and oxygen atoms in total. The molecule has 3 aromatic heterocycles. The third-order valence-electron chi connectivity index (χ3n) is 3.07. The van der Waals surface area contributed by atoms with Gasteiger partial charge in [-0.15, -0.1) is 11.3 Å². The van der Waals surface area contributed by atoms with Gasteiger partial charge in [0.25, 0.3) is 0 Å². The fourth-order valence-electron chi connectivity index (χ4n) is 2.25. The van der Waals surface area contributed by atoms with Gasteiger partial charge in [-0.1, -0.05) is 17.8 Å². The number of aliphatic carboxylic acids is 1. The zero-order valence-corrected chi connectivity index (χ0v) is 13.2. The number of aromatic nitrogens is 4. The van der Waals surface area contributed by atoms with Crippen LogP contribution in [0.3, 0.4) is 0 Å². The molecule has 0 aliphatic carbocycles. The number of carboxylic acids is 1. The molecule has 0 aliphatic rings. The monoisotopic (exact) mass is 322 g/mol. The number of hydrogen-bond acceptors (Lipinski definition) is 5. The Labute approximate surface area is 129 Å². The number of rotatable bonds is 5. The second-order valence-electron chi connectivity index (χ2n) is 4.62. The van der Waals surface area contributed by atoms with Crippen LogP contribution in [-0.2, 0) is 18.4 Å². The number of fused-ring (bicyclic) bond motifs is 1. The van der Waals surface area contributed by atoms with E-state index in [2.05, 4.69) is 16.1 Å². The van der Waals surface area contributed by atoms with E-state index >= 15 is 0 Å². The van der Waals surface area contributed by atoms with Crippen molar-refractivity contribution < 1.29 is 9.90 Å². The van der Waals surface area contributed by atoms with E-state index in [-0.39, 0.29) is 5.75 Å². The molecule has 8 heteroatoms. The SMILES string of the molecule is Cc1nn(C)c2c1nc(SCC(=O)O)n2Cc1cccs1. The Morgan fingerprint density at radius 3 is 3.00 bits per heavy atom. The molecule has 3 heterocycles. The fourth-order valence-corrected chi connectivity index (χ4v) is 3.66. The van der Waals surface area contributed by atoms with Crippen LogP contribution >= 0.6 is 23.1 Å². The number of aryl methyl sites for hydroxylation is 2. The summed E-state index contributed by atoms with van der Waals surface area (Å²) in [5.74, 6) is -0.843. The second kappa shape index (κ2) is 5.53. The largest absolute Gasteiger partial charge is 0.481 e. The van der Waals surface area contributed by atoms with Gasteiger partial charge in [0.05, 0.1) is 18.0 Å². The standard InChI is InChI=1S/C13H14N4O2S2/c1-8-11-12(16(2)15-8)17(6-9-4-3-5-20-9)13(14-11)21-7-10(18)19/h3-5H,6-7H2,1-2H3,(H,18,19). The van der Waals surface area contributed by atoms with Crippen LogP contribution in [0.15, 0.2) is 22.7 Å². The first-order valence-electron chi connectivity index (χ1n) is 6.33. The average Bonchev–Trinajstić information content (AvgIpc) is 3.09. The highest BCUT2D eigenvalue weighted by Crippen LogP contribution is 2.27. The quantitative estimate of drug-likeness (QED) is 0.730. The lowest BCUT2D eigenvalue weighted by atomic mass is 10.4. The van der Waals surface area contributed by atoms with Gasteiger partial charge in [-0.3, -0.25) is 14.0 Å². The molecule has 3 rings (SSSR count). The summed E-state index contributed by atoms with van der Waals surface area (Å²) in [5.41, 5.74) is 2.62. The molecule has 110 valence electrons. The van der Waals surface area contributed by atoms with Gasteiger partial charge in [0.1, 0.15) is 5.52 Å². The molecule has 0 atom stereocenters. The third kappa shape index (κ3) is 2.68. The molecule has 21 heavy (non-hydrogen) atoms. The average molecular weight is 322 g/mol. The number of imidazole rings is 1. The van der Waals surface area contributed by atoms with Gasteiger partial charge >= 0.3 is 5.97 Å². The maximum absolute atomic E-state index is 10.8. The summed E-state index contributed by atoms with van der Waals surface area (Å²) >= 11 is 2.91. The zero-order chi connectivity index (χ0) is 15.0. The van der Waals surface area contributed by atoms with Crippen molar-refractivity contribution in [1.29, 1.82) is 0 Å². The van der Waals surface area contributed by atoms with Crippen molar-refractivity contribution >= 4 is 40.2 Å². The van der Waals surface area contributed by atoms with Gasteiger partial charge in [-0.05, 0) is 18.4 Å². The lowest BCUT2D eigenvalue weighted by Gasteiger charge is -2.07. The molecule has 0 aliphatic heterocycles. The molecule has 0 saturated heterocycles. The fraction of sp³-hybridized carbons (Fsp3) is 0.308. The highest BCUT2D eigenvalue weighted by Gasteiger charge is 2.18. The van der Waals surface area contributed by atoms with Crippen LogP contribution in [0.25, 0.3) is 11.2 Å². The number of hydrogen-bond donors (Lipinski definition) is 1. The van der Waals surface area contributed by atoms with Gasteiger partial charge in [-0.2, -0.15) is 5.10 Å².